The first kappa shape index (κ1) is 20.4. The lowest BCUT2D eigenvalue weighted by atomic mass is 9.93. The van der Waals surface area contributed by atoms with Crippen LogP contribution in [-0.4, -0.2) is 50.2 Å². The fourth-order valence-corrected chi connectivity index (χ4v) is 4.62. The van der Waals surface area contributed by atoms with Crippen molar-refractivity contribution < 1.29 is 20.1 Å². The van der Waals surface area contributed by atoms with Gasteiger partial charge in [-0.1, -0.05) is 23.7 Å². The minimum atomic E-state index is -1.09. The molecule has 4 atom stereocenters. The molecule has 1 aliphatic heterocycles. The Balaban J connectivity index is 1.54. The van der Waals surface area contributed by atoms with Gasteiger partial charge in [-0.05, 0) is 35.4 Å². The van der Waals surface area contributed by atoms with Gasteiger partial charge >= 0.3 is 0 Å². The van der Waals surface area contributed by atoms with Crippen LogP contribution >= 0.6 is 22.9 Å². The van der Waals surface area contributed by atoms with Crippen LogP contribution in [0.3, 0.4) is 0 Å². The lowest BCUT2D eigenvalue weighted by Crippen LogP contribution is -2.47. The number of benzene rings is 1. The minimum absolute atomic E-state index is 0.257. The van der Waals surface area contributed by atoms with Crippen LogP contribution in [0.15, 0.2) is 48.8 Å². The van der Waals surface area contributed by atoms with Crippen molar-refractivity contribution in [2.45, 2.75) is 37.3 Å². The van der Waals surface area contributed by atoms with Gasteiger partial charge in [-0.2, -0.15) is 0 Å². The second kappa shape index (κ2) is 8.87. The van der Waals surface area contributed by atoms with Crippen molar-refractivity contribution in [3.8, 4) is 10.7 Å². The topological polar surface area (TPSA) is 95.7 Å². The van der Waals surface area contributed by atoms with Crippen molar-refractivity contribution >= 4 is 22.9 Å². The average Bonchev–Trinajstić information content (AvgIpc) is 3.21. The highest BCUT2D eigenvalue weighted by Gasteiger charge is 2.37. The number of aromatic nitrogens is 2. The van der Waals surface area contributed by atoms with Gasteiger partial charge in [0, 0.05) is 35.1 Å². The van der Waals surface area contributed by atoms with Crippen LogP contribution in [0.5, 0.6) is 0 Å². The normalized spacial score (nSPS) is 24.6. The van der Waals surface area contributed by atoms with Crippen LogP contribution in [0.1, 0.15) is 28.5 Å². The van der Waals surface area contributed by atoms with Crippen molar-refractivity contribution in [3.63, 3.8) is 0 Å². The summed E-state index contributed by atoms with van der Waals surface area (Å²) in [4.78, 5) is 10.7. The molecule has 3 heterocycles. The number of hydrogen-bond donors (Lipinski definition) is 3. The second-order valence-electron chi connectivity index (χ2n) is 7.01. The molecule has 3 aromatic rings. The van der Waals surface area contributed by atoms with Crippen molar-refractivity contribution in [1.82, 2.24) is 9.97 Å². The fourth-order valence-electron chi connectivity index (χ4n) is 3.46. The van der Waals surface area contributed by atoms with Crippen LogP contribution in [0.2, 0.25) is 5.02 Å². The molecule has 3 unspecified atom stereocenters. The summed E-state index contributed by atoms with van der Waals surface area (Å²) in [7, 11) is 0. The summed E-state index contributed by atoms with van der Waals surface area (Å²) >= 11 is 8.04. The summed E-state index contributed by atoms with van der Waals surface area (Å²) in [6.07, 6.45) is 1.07. The Morgan fingerprint density at radius 3 is 2.69 bits per heavy atom. The maximum absolute atomic E-state index is 10.1. The number of ether oxygens (including phenoxy) is 1. The molecule has 0 bridgehead atoms. The van der Waals surface area contributed by atoms with E-state index in [1.807, 2.05) is 30.3 Å². The molecule has 1 fully saturated rings. The molecule has 1 aromatic carbocycles. The van der Waals surface area contributed by atoms with E-state index in [-0.39, 0.29) is 13.0 Å². The monoisotopic (exact) mass is 432 g/mol. The molecular formula is C21H21ClN2O4S. The third kappa shape index (κ3) is 4.50. The minimum Gasteiger partial charge on any atom is -0.394 e. The molecule has 0 aliphatic carbocycles. The van der Waals surface area contributed by atoms with Gasteiger partial charge in [0.05, 0.1) is 23.7 Å². The Labute approximate surface area is 177 Å². The summed E-state index contributed by atoms with van der Waals surface area (Å²) in [6.45, 7) is -0.352. The van der Waals surface area contributed by atoms with Gasteiger partial charge in [-0.15, -0.1) is 11.3 Å². The van der Waals surface area contributed by atoms with E-state index >= 15 is 0 Å². The fraction of sp³-hybridized carbons (Fsp3) is 0.333. The Kier molecular flexibility index (Phi) is 6.24. The Hall–Kier alpha value is -1.87. The van der Waals surface area contributed by atoms with Crippen molar-refractivity contribution in [3.05, 3.63) is 69.8 Å². The van der Waals surface area contributed by atoms with Gasteiger partial charge in [0.2, 0.25) is 0 Å². The summed E-state index contributed by atoms with van der Waals surface area (Å²) in [5.74, 6) is 0.696. The predicted molar refractivity (Wildman–Crippen MR) is 111 cm³/mol. The number of thiophene rings is 1. The number of halogens is 1. The molecular weight excluding hydrogens is 412 g/mol. The van der Waals surface area contributed by atoms with Gasteiger partial charge in [0.25, 0.3) is 0 Å². The third-order valence-corrected chi connectivity index (χ3v) is 6.45. The first-order valence-corrected chi connectivity index (χ1v) is 10.5. The molecule has 2 aromatic heterocycles. The standard InChI is InChI=1S/C21H21ClN2O4S/c22-15-4-2-12(17-10-16(26)20(27)18(11-25)28-17)8-13(15)9-14-3-5-19(29-14)21-23-6-1-7-24-21/h1-8,16-18,20,25-27H,9-11H2/t16?,17?,18?,20-/m0/s1. The van der Waals surface area contributed by atoms with Crippen LogP contribution in [0.25, 0.3) is 10.7 Å². The first-order chi connectivity index (χ1) is 14.0. The molecule has 3 N–H and O–H groups in total. The number of aliphatic hydroxyl groups excluding tert-OH is 3. The summed E-state index contributed by atoms with van der Waals surface area (Å²) in [6, 6.07) is 11.5. The highest BCUT2D eigenvalue weighted by atomic mass is 35.5. The molecule has 1 saturated heterocycles. The summed E-state index contributed by atoms with van der Waals surface area (Å²) < 4.78 is 5.79. The van der Waals surface area contributed by atoms with Gasteiger partial charge in [-0.25, -0.2) is 9.97 Å². The summed E-state index contributed by atoms with van der Waals surface area (Å²) in [5, 5.41) is 30.1. The zero-order valence-corrected chi connectivity index (χ0v) is 17.1. The molecule has 1 aliphatic rings. The van der Waals surface area contributed by atoms with Crippen molar-refractivity contribution in [2.24, 2.45) is 0 Å². The van der Waals surface area contributed by atoms with E-state index in [4.69, 9.17) is 16.3 Å². The van der Waals surface area contributed by atoms with E-state index in [2.05, 4.69) is 9.97 Å². The first-order valence-electron chi connectivity index (χ1n) is 9.32. The number of rotatable bonds is 5. The Morgan fingerprint density at radius 1 is 1.14 bits per heavy atom. The van der Waals surface area contributed by atoms with Gasteiger partial charge < -0.3 is 20.1 Å². The molecule has 29 heavy (non-hydrogen) atoms. The van der Waals surface area contributed by atoms with E-state index in [1.165, 1.54) is 0 Å². The van der Waals surface area contributed by atoms with Crippen molar-refractivity contribution in [2.75, 3.05) is 6.61 Å². The van der Waals surface area contributed by atoms with Gasteiger partial charge in [0.1, 0.15) is 12.2 Å². The molecule has 6 nitrogen and oxygen atoms in total. The average molecular weight is 433 g/mol. The Morgan fingerprint density at radius 2 is 1.93 bits per heavy atom. The van der Waals surface area contributed by atoms with E-state index in [1.54, 1.807) is 29.8 Å². The van der Waals surface area contributed by atoms with Crippen LogP contribution < -0.4 is 0 Å². The SMILES string of the molecule is OCC1OC(c2ccc(Cl)c(Cc3ccc(-c4ncccn4)s3)c2)CC(O)[C@@H]1O. The number of nitrogens with zero attached hydrogens (tertiary/aromatic N) is 2. The largest absolute Gasteiger partial charge is 0.394 e. The van der Waals surface area contributed by atoms with Crippen molar-refractivity contribution in [1.29, 1.82) is 0 Å². The number of hydrogen-bond acceptors (Lipinski definition) is 7. The maximum Gasteiger partial charge on any atom is 0.169 e. The van der Waals surface area contributed by atoms with E-state index in [0.717, 1.165) is 20.9 Å². The quantitative estimate of drug-likeness (QED) is 0.573. The van der Waals surface area contributed by atoms with Crippen LogP contribution in [0, 0.1) is 0 Å². The second-order valence-corrected chi connectivity index (χ2v) is 8.58. The smallest absolute Gasteiger partial charge is 0.169 e. The highest BCUT2D eigenvalue weighted by Crippen LogP contribution is 2.35. The van der Waals surface area contributed by atoms with E-state index in [0.29, 0.717) is 17.3 Å². The van der Waals surface area contributed by atoms with Crippen LogP contribution in [-0.2, 0) is 11.2 Å². The number of aliphatic hydroxyl groups is 3. The predicted octanol–water partition coefficient (Wildman–Crippen LogP) is 2.99. The zero-order chi connectivity index (χ0) is 20.4. The molecule has 4 rings (SSSR count). The molecule has 0 spiro atoms. The van der Waals surface area contributed by atoms with E-state index in [9.17, 15) is 15.3 Å². The third-order valence-electron chi connectivity index (χ3n) is 5.00. The summed E-state index contributed by atoms with van der Waals surface area (Å²) in [5.41, 5.74) is 1.80. The maximum atomic E-state index is 10.1. The molecule has 152 valence electrons. The van der Waals surface area contributed by atoms with Gasteiger partial charge in [-0.3, -0.25) is 0 Å². The van der Waals surface area contributed by atoms with Gasteiger partial charge in [0.15, 0.2) is 5.82 Å². The molecule has 0 amide bonds. The molecule has 0 saturated carbocycles. The van der Waals surface area contributed by atoms with Crippen LogP contribution in [0.4, 0.5) is 0 Å². The lowest BCUT2D eigenvalue weighted by molar-refractivity contribution is -0.181. The van der Waals surface area contributed by atoms with E-state index < -0.39 is 24.4 Å². The zero-order valence-electron chi connectivity index (χ0n) is 15.5. The lowest BCUT2D eigenvalue weighted by Gasteiger charge is -2.36. The molecule has 0 radical (unpaired) electrons. The molecule has 8 heteroatoms. The highest BCUT2D eigenvalue weighted by molar-refractivity contribution is 7.15. The Bertz CT molecular complexity index is 968.